The van der Waals surface area contributed by atoms with Gasteiger partial charge in [0.25, 0.3) is 5.91 Å². The first-order valence-electron chi connectivity index (χ1n) is 12.5. The van der Waals surface area contributed by atoms with Crippen LogP contribution in [0.25, 0.3) is 0 Å². The summed E-state index contributed by atoms with van der Waals surface area (Å²) < 4.78 is 5.45. The predicted molar refractivity (Wildman–Crippen MR) is 141 cm³/mol. The summed E-state index contributed by atoms with van der Waals surface area (Å²) >= 11 is 0. The average molecular weight is 472 g/mol. The number of methoxy groups -OCH3 is 1. The fourth-order valence-electron chi connectivity index (χ4n) is 5.19. The van der Waals surface area contributed by atoms with Crippen LogP contribution in [0.15, 0.2) is 66.9 Å². The fraction of sp³-hybridized carbons (Fsp3) is 0.400. The molecule has 0 bridgehead atoms. The maximum Gasteiger partial charge on any atom is 0.272 e. The molecule has 1 fully saturated rings. The second kappa shape index (κ2) is 11.5. The van der Waals surface area contributed by atoms with Crippen LogP contribution >= 0.6 is 0 Å². The van der Waals surface area contributed by atoms with Gasteiger partial charge in [-0.1, -0.05) is 42.0 Å². The third kappa shape index (κ3) is 6.29. The van der Waals surface area contributed by atoms with Gasteiger partial charge >= 0.3 is 0 Å². The van der Waals surface area contributed by atoms with E-state index in [2.05, 4.69) is 54.1 Å². The monoisotopic (exact) mass is 471 g/mol. The molecule has 3 aromatic rings. The zero-order valence-electron chi connectivity index (χ0n) is 21.4. The highest BCUT2D eigenvalue weighted by molar-refractivity contribution is 5.92. The first kappa shape index (κ1) is 24.9. The molecule has 4 rings (SSSR count). The number of aromatic nitrogens is 1. The summed E-state index contributed by atoms with van der Waals surface area (Å²) in [5.41, 5.74) is 5.77. The van der Waals surface area contributed by atoms with Crippen LogP contribution in [-0.4, -0.2) is 54.0 Å². The van der Waals surface area contributed by atoms with E-state index in [0.29, 0.717) is 11.6 Å². The van der Waals surface area contributed by atoms with Crippen molar-refractivity contribution in [3.8, 4) is 5.75 Å². The molecular formula is C30H37N3O2. The van der Waals surface area contributed by atoms with Crippen LogP contribution in [-0.2, 0) is 13.0 Å². The number of amides is 1. The number of aryl methyl sites for hydroxylation is 2. The van der Waals surface area contributed by atoms with Crippen LogP contribution < -0.4 is 4.74 Å². The van der Waals surface area contributed by atoms with Crippen molar-refractivity contribution in [3.05, 3.63) is 94.8 Å². The summed E-state index contributed by atoms with van der Waals surface area (Å²) in [4.78, 5) is 22.1. The normalized spacial score (nSPS) is 15.5. The minimum Gasteiger partial charge on any atom is -0.497 e. The Labute approximate surface area is 209 Å². The van der Waals surface area contributed by atoms with Gasteiger partial charge in [0.05, 0.1) is 7.11 Å². The van der Waals surface area contributed by atoms with Gasteiger partial charge < -0.3 is 9.64 Å². The Morgan fingerprint density at radius 1 is 1.09 bits per heavy atom. The molecule has 35 heavy (non-hydrogen) atoms. The molecule has 0 N–H and O–H groups in total. The molecule has 1 aromatic heterocycles. The molecule has 1 saturated heterocycles. The number of ether oxygens (including phenoxy) is 1. The molecule has 1 aliphatic heterocycles. The summed E-state index contributed by atoms with van der Waals surface area (Å²) in [6, 6.07) is 20.5. The van der Waals surface area contributed by atoms with Crippen molar-refractivity contribution >= 4 is 5.91 Å². The zero-order chi connectivity index (χ0) is 24.8. The molecule has 0 saturated carbocycles. The molecular weight excluding hydrogens is 434 g/mol. The van der Waals surface area contributed by atoms with Gasteiger partial charge in [0.2, 0.25) is 0 Å². The van der Waals surface area contributed by atoms with E-state index < -0.39 is 0 Å². The number of likely N-dealkylation sites (N-methyl/N-ethyl adjacent to an activating group) is 1. The predicted octanol–water partition coefficient (Wildman–Crippen LogP) is 5.30. The Kier molecular flexibility index (Phi) is 8.19. The lowest BCUT2D eigenvalue weighted by molar-refractivity contribution is 0.0579. The Balaban J connectivity index is 1.49. The van der Waals surface area contributed by atoms with Gasteiger partial charge in [0.15, 0.2) is 0 Å². The highest BCUT2D eigenvalue weighted by Crippen LogP contribution is 2.29. The van der Waals surface area contributed by atoms with Crippen molar-refractivity contribution in [1.82, 2.24) is 14.8 Å². The maximum atomic E-state index is 13.3. The molecule has 2 aromatic carbocycles. The zero-order valence-corrected chi connectivity index (χ0v) is 21.4. The second-order valence-corrected chi connectivity index (χ2v) is 9.80. The van der Waals surface area contributed by atoms with E-state index >= 15 is 0 Å². The highest BCUT2D eigenvalue weighted by Gasteiger charge is 2.32. The Hall–Kier alpha value is -3.18. The van der Waals surface area contributed by atoms with Crippen LogP contribution in [0.5, 0.6) is 5.75 Å². The molecule has 1 amide bonds. The van der Waals surface area contributed by atoms with Gasteiger partial charge in [-0.2, -0.15) is 0 Å². The van der Waals surface area contributed by atoms with Gasteiger partial charge in [-0.15, -0.1) is 0 Å². The minimum atomic E-state index is -0.0173. The van der Waals surface area contributed by atoms with Crippen molar-refractivity contribution < 1.29 is 9.53 Å². The second-order valence-electron chi connectivity index (χ2n) is 9.80. The average Bonchev–Trinajstić information content (AvgIpc) is 2.90. The van der Waals surface area contributed by atoms with Gasteiger partial charge in [0, 0.05) is 25.8 Å². The molecule has 0 radical (unpaired) electrons. The van der Waals surface area contributed by atoms with E-state index in [-0.39, 0.29) is 11.9 Å². The number of benzene rings is 2. The third-order valence-electron chi connectivity index (χ3n) is 7.36. The van der Waals surface area contributed by atoms with Crippen LogP contribution in [0.3, 0.4) is 0 Å². The first-order chi connectivity index (χ1) is 16.9. The molecule has 184 valence electrons. The lowest BCUT2D eigenvalue weighted by atomic mass is 9.84. The van der Waals surface area contributed by atoms with Crippen LogP contribution in [0.1, 0.15) is 45.6 Å². The molecule has 5 heteroatoms. The topological polar surface area (TPSA) is 45.7 Å². The minimum absolute atomic E-state index is 0.0173. The fourth-order valence-corrected chi connectivity index (χ4v) is 5.19. The van der Waals surface area contributed by atoms with Crippen molar-refractivity contribution in [2.24, 2.45) is 5.92 Å². The quantitative estimate of drug-likeness (QED) is 0.447. The highest BCUT2D eigenvalue weighted by atomic mass is 16.5. The molecule has 0 unspecified atom stereocenters. The lowest BCUT2D eigenvalue weighted by Crippen LogP contribution is -2.47. The standard InChI is InChI=1S/C30H37N3O2/c1-22-11-12-23(2)26(18-22)21-33-16-13-25(14-17-33)29(20-24-8-7-9-27(19-24)35-4)32(3)30(34)28-10-5-6-15-31-28/h5-12,15,18-19,25,29H,13-14,16-17,20-21H2,1-4H3/t29-/m1/s1. The van der Waals surface area contributed by atoms with E-state index in [0.717, 1.165) is 44.6 Å². The largest absolute Gasteiger partial charge is 0.497 e. The summed E-state index contributed by atoms with van der Waals surface area (Å²) in [6.45, 7) is 7.43. The Bertz CT molecular complexity index is 1120. The van der Waals surface area contributed by atoms with Gasteiger partial charge in [-0.3, -0.25) is 14.7 Å². The smallest absolute Gasteiger partial charge is 0.272 e. The molecule has 0 aliphatic carbocycles. The van der Waals surface area contributed by atoms with E-state index in [9.17, 15) is 4.79 Å². The van der Waals surface area contributed by atoms with Crippen molar-refractivity contribution in [2.45, 2.75) is 45.7 Å². The number of piperidine rings is 1. The van der Waals surface area contributed by atoms with E-state index in [1.807, 2.05) is 36.2 Å². The lowest BCUT2D eigenvalue weighted by Gasteiger charge is -2.40. The number of nitrogens with zero attached hydrogens (tertiary/aromatic N) is 3. The molecule has 2 heterocycles. The van der Waals surface area contributed by atoms with Crippen LogP contribution in [0, 0.1) is 19.8 Å². The molecule has 5 nitrogen and oxygen atoms in total. The van der Waals surface area contributed by atoms with Gasteiger partial charge in [-0.25, -0.2) is 0 Å². The first-order valence-corrected chi connectivity index (χ1v) is 12.5. The number of carbonyl (C=O) groups excluding carboxylic acids is 1. The van der Waals surface area contributed by atoms with Crippen molar-refractivity contribution in [1.29, 1.82) is 0 Å². The Morgan fingerprint density at radius 2 is 1.89 bits per heavy atom. The van der Waals surface area contributed by atoms with Crippen LogP contribution in [0.4, 0.5) is 0 Å². The number of hydrogen-bond acceptors (Lipinski definition) is 4. The summed E-state index contributed by atoms with van der Waals surface area (Å²) in [7, 11) is 3.63. The van der Waals surface area contributed by atoms with Crippen molar-refractivity contribution in [3.63, 3.8) is 0 Å². The molecule has 1 atom stereocenters. The third-order valence-corrected chi connectivity index (χ3v) is 7.36. The molecule has 1 aliphatic rings. The number of hydrogen-bond donors (Lipinski definition) is 0. The number of likely N-dealkylation sites (tertiary alicyclic amines) is 1. The number of pyridine rings is 1. The number of carbonyl (C=O) groups is 1. The number of rotatable bonds is 8. The van der Waals surface area contributed by atoms with Crippen LogP contribution in [0.2, 0.25) is 0 Å². The van der Waals surface area contributed by atoms with Crippen molar-refractivity contribution in [2.75, 3.05) is 27.2 Å². The van der Waals surface area contributed by atoms with Gasteiger partial charge in [-0.05, 0) is 93.1 Å². The van der Waals surface area contributed by atoms with E-state index in [1.165, 1.54) is 22.3 Å². The maximum absolute atomic E-state index is 13.3. The van der Waals surface area contributed by atoms with E-state index in [1.54, 1.807) is 19.4 Å². The SMILES string of the molecule is COc1cccc(C[C@H](C2CCN(Cc3cc(C)ccc3C)CC2)N(C)C(=O)c2ccccn2)c1. The summed E-state index contributed by atoms with van der Waals surface area (Å²) in [6.07, 6.45) is 4.62. The molecule has 0 spiro atoms. The van der Waals surface area contributed by atoms with E-state index in [4.69, 9.17) is 4.74 Å². The Morgan fingerprint density at radius 3 is 2.60 bits per heavy atom. The van der Waals surface area contributed by atoms with Gasteiger partial charge in [0.1, 0.15) is 11.4 Å². The summed E-state index contributed by atoms with van der Waals surface area (Å²) in [5, 5.41) is 0. The summed E-state index contributed by atoms with van der Waals surface area (Å²) in [5.74, 6) is 1.26.